The minimum Gasteiger partial charge on any atom is -0.373 e. The zero-order chi connectivity index (χ0) is 13.9. The first kappa shape index (κ1) is 13.7. The Morgan fingerprint density at radius 2 is 1.89 bits per heavy atom. The Hall–Kier alpha value is -1.69. The van der Waals surface area contributed by atoms with Crippen molar-refractivity contribution < 1.29 is 13.2 Å². The van der Waals surface area contributed by atoms with Crippen LogP contribution in [0.15, 0.2) is 52.4 Å². The Labute approximate surface area is 113 Å². The van der Waals surface area contributed by atoms with Gasteiger partial charge in [-0.2, -0.15) is 13.2 Å². The first-order chi connectivity index (χ1) is 8.99. The minimum absolute atomic E-state index is 0.536. The SMILES string of the molecule is CNc1ccc(Sc2cccc(C(F)(F)F)c2)cn1. The molecular formula is C13H11F3N2S. The van der Waals surface area contributed by atoms with Gasteiger partial charge in [0.05, 0.1) is 5.56 Å². The second-order valence-corrected chi connectivity index (χ2v) is 4.90. The highest BCUT2D eigenvalue weighted by molar-refractivity contribution is 7.99. The van der Waals surface area contributed by atoms with Crippen molar-refractivity contribution in [2.45, 2.75) is 16.0 Å². The van der Waals surface area contributed by atoms with E-state index >= 15 is 0 Å². The highest BCUT2D eigenvalue weighted by Crippen LogP contribution is 2.34. The lowest BCUT2D eigenvalue weighted by atomic mass is 10.2. The second-order valence-electron chi connectivity index (χ2n) is 3.76. The lowest BCUT2D eigenvalue weighted by Gasteiger charge is -2.08. The molecular weight excluding hydrogens is 273 g/mol. The molecule has 0 saturated heterocycles. The quantitative estimate of drug-likeness (QED) is 0.910. The number of anilines is 1. The van der Waals surface area contributed by atoms with Crippen molar-refractivity contribution in [3.63, 3.8) is 0 Å². The van der Waals surface area contributed by atoms with E-state index in [0.717, 1.165) is 17.0 Å². The van der Waals surface area contributed by atoms with Crippen molar-refractivity contribution in [2.24, 2.45) is 0 Å². The predicted octanol–water partition coefficient (Wildman–Crippen LogP) is 4.29. The molecule has 1 heterocycles. The zero-order valence-electron chi connectivity index (χ0n) is 10.0. The van der Waals surface area contributed by atoms with Crippen molar-refractivity contribution in [2.75, 3.05) is 12.4 Å². The van der Waals surface area contributed by atoms with Gasteiger partial charge >= 0.3 is 6.18 Å². The summed E-state index contributed by atoms with van der Waals surface area (Å²) in [6, 6.07) is 8.83. The molecule has 2 aromatic rings. The maximum Gasteiger partial charge on any atom is 0.416 e. The highest BCUT2D eigenvalue weighted by Gasteiger charge is 2.30. The van der Waals surface area contributed by atoms with E-state index in [-0.39, 0.29) is 0 Å². The molecule has 0 aliphatic heterocycles. The average Bonchev–Trinajstić information content (AvgIpc) is 2.39. The van der Waals surface area contributed by atoms with Crippen LogP contribution in [0, 0.1) is 0 Å². The maximum absolute atomic E-state index is 12.6. The second kappa shape index (κ2) is 5.52. The third kappa shape index (κ3) is 3.64. The smallest absolute Gasteiger partial charge is 0.373 e. The van der Waals surface area contributed by atoms with Crippen LogP contribution in [0.1, 0.15) is 5.56 Å². The van der Waals surface area contributed by atoms with Crippen molar-refractivity contribution in [3.8, 4) is 0 Å². The summed E-state index contributed by atoms with van der Waals surface area (Å²) in [4.78, 5) is 5.44. The number of nitrogens with one attached hydrogen (secondary N) is 1. The van der Waals surface area contributed by atoms with Gasteiger partial charge in [-0.25, -0.2) is 4.98 Å². The van der Waals surface area contributed by atoms with Crippen LogP contribution in [0.5, 0.6) is 0 Å². The van der Waals surface area contributed by atoms with E-state index in [4.69, 9.17) is 0 Å². The summed E-state index contributed by atoms with van der Waals surface area (Å²) in [5, 5.41) is 2.88. The molecule has 0 aliphatic rings. The standard InChI is InChI=1S/C13H11F3N2S/c1-17-12-6-5-11(8-18-12)19-10-4-2-3-9(7-10)13(14,15)16/h2-8H,1H3,(H,17,18). The van der Waals surface area contributed by atoms with E-state index in [1.54, 1.807) is 25.4 Å². The topological polar surface area (TPSA) is 24.9 Å². The molecule has 0 aliphatic carbocycles. The van der Waals surface area contributed by atoms with E-state index < -0.39 is 11.7 Å². The zero-order valence-corrected chi connectivity index (χ0v) is 10.8. The van der Waals surface area contributed by atoms with Crippen molar-refractivity contribution in [3.05, 3.63) is 48.2 Å². The molecule has 19 heavy (non-hydrogen) atoms. The Bertz CT molecular complexity index is 553. The molecule has 100 valence electrons. The third-order valence-electron chi connectivity index (χ3n) is 2.39. The number of hydrogen-bond acceptors (Lipinski definition) is 3. The van der Waals surface area contributed by atoms with Gasteiger partial charge in [0.15, 0.2) is 0 Å². The third-order valence-corrected chi connectivity index (χ3v) is 3.36. The molecule has 2 rings (SSSR count). The van der Waals surface area contributed by atoms with Gasteiger partial charge < -0.3 is 5.32 Å². The first-order valence-corrected chi connectivity index (χ1v) is 6.29. The van der Waals surface area contributed by atoms with Gasteiger partial charge in [0.25, 0.3) is 0 Å². The molecule has 0 saturated carbocycles. The molecule has 1 aromatic heterocycles. The molecule has 1 N–H and O–H groups in total. The van der Waals surface area contributed by atoms with Crippen LogP contribution in [0.25, 0.3) is 0 Å². The monoisotopic (exact) mass is 284 g/mol. The molecule has 2 nitrogen and oxygen atoms in total. The molecule has 0 unspecified atom stereocenters. The van der Waals surface area contributed by atoms with Crippen LogP contribution >= 0.6 is 11.8 Å². The Kier molecular flexibility index (Phi) is 3.99. The van der Waals surface area contributed by atoms with Gasteiger partial charge in [-0.15, -0.1) is 0 Å². The van der Waals surface area contributed by atoms with Crippen LogP contribution < -0.4 is 5.32 Å². The summed E-state index contributed by atoms with van der Waals surface area (Å²) >= 11 is 1.25. The van der Waals surface area contributed by atoms with Crippen LogP contribution in [0.3, 0.4) is 0 Å². The van der Waals surface area contributed by atoms with Crippen LogP contribution in [0.2, 0.25) is 0 Å². The van der Waals surface area contributed by atoms with Gasteiger partial charge in [-0.05, 0) is 30.3 Å². The Morgan fingerprint density at radius 3 is 2.47 bits per heavy atom. The summed E-state index contributed by atoms with van der Waals surface area (Å²) in [6.45, 7) is 0. The van der Waals surface area contributed by atoms with Crippen LogP contribution in [0.4, 0.5) is 19.0 Å². The van der Waals surface area contributed by atoms with E-state index in [9.17, 15) is 13.2 Å². The summed E-state index contributed by atoms with van der Waals surface area (Å²) in [7, 11) is 1.75. The fourth-order valence-corrected chi connectivity index (χ4v) is 2.31. The number of benzene rings is 1. The first-order valence-electron chi connectivity index (χ1n) is 5.48. The minimum atomic E-state index is -4.31. The number of aromatic nitrogens is 1. The van der Waals surface area contributed by atoms with E-state index in [2.05, 4.69) is 10.3 Å². The summed E-state index contributed by atoms with van der Waals surface area (Å²) in [5.41, 5.74) is -0.641. The fraction of sp³-hybridized carbons (Fsp3) is 0.154. The Balaban J connectivity index is 2.18. The number of rotatable bonds is 3. The van der Waals surface area contributed by atoms with Gasteiger partial charge in [0, 0.05) is 23.0 Å². The molecule has 0 fully saturated rings. The number of halogens is 3. The molecule has 0 atom stereocenters. The number of nitrogens with zero attached hydrogens (tertiary/aromatic N) is 1. The number of alkyl halides is 3. The van der Waals surface area contributed by atoms with Crippen molar-refractivity contribution in [1.82, 2.24) is 4.98 Å². The average molecular weight is 284 g/mol. The highest BCUT2D eigenvalue weighted by atomic mass is 32.2. The normalized spacial score (nSPS) is 11.4. The number of pyridine rings is 1. The van der Waals surface area contributed by atoms with E-state index in [0.29, 0.717) is 10.7 Å². The van der Waals surface area contributed by atoms with E-state index in [1.165, 1.54) is 17.8 Å². The Morgan fingerprint density at radius 1 is 1.11 bits per heavy atom. The molecule has 1 aromatic carbocycles. The van der Waals surface area contributed by atoms with Crippen molar-refractivity contribution in [1.29, 1.82) is 0 Å². The lowest BCUT2D eigenvalue weighted by Crippen LogP contribution is -2.04. The molecule has 0 radical (unpaired) electrons. The van der Waals surface area contributed by atoms with Crippen molar-refractivity contribution >= 4 is 17.6 Å². The van der Waals surface area contributed by atoms with Crippen LogP contribution in [-0.2, 0) is 6.18 Å². The van der Waals surface area contributed by atoms with Gasteiger partial charge in [0.2, 0.25) is 0 Å². The van der Waals surface area contributed by atoms with E-state index in [1.807, 2.05) is 6.07 Å². The number of hydrogen-bond donors (Lipinski definition) is 1. The summed E-state index contributed by atoms with van der Waals surface area (Å²) in [6.07, 6.45) is -2.69. The molecule has 0 spiro atoms. The summed E-state index contributed by atoms with van der Waals surface area (Å²) < 4.78 is 37.7. The maximum atomic E-state index is 12.6. The molecule has 6 heteroatoms. The fourth-order valence-electron chi connectivity index (χ4n) is 1.46. The molecule has 0 bridgehead atoms. The van der Waals surface area contributed by atoms with Gasteiger partial charge in [-0.3, -0.25) is 0 Å². The largest absolute Gasteiger partial charge is 0.416 e. The van der Waals surface area contributed by atoms with Gasteiger partial charge in [-0.1, -0.05) is 17.8 Å². The van der Waals surface area contributed by atoms with Crippen LogP contribution in [-0.4, -0.2) is 12.0 Å². The lowest BCUT2D eigenvalue weighted by molar-refractivity contribution is -0.137. The predicted molar refractivity (Wildman–Crippen MR) is 69.4 cm³/mol. The summed E-state index contributed by atoms with van der Waals surface area (Å²) in [5.74, 6) is 0.716. The molecule has 0 amide bonds. The van der Waals surface area contributed by atoms with Gasteiger partial charge in [0.1, 0.15) is 5.82 Å².